The van der Waals surface area contributed by atoms with Crippen molar-refractivity contribution < 1.29 is 9.90 Å². The number of phenols is 1. The zero-order valence-corrected chi connectivity index (χ0v) is 17.6. The lowest BCUT2D eigenvalue weighted by Gasteiger charge is -2.26. The number of fused-ring (bicyclic) bond motifs is 1. The third-order valence-electron chi connectivity index (χ3n) is 4.32. The van der Waals surface area contributed by atoms with Crippen molar-refractivity contribution in [2.75, 3.05) is 18.4 Å². The molecule has 6 nitrogen and oxygen atoms in total. The van der Waals surface area contributed by atoms with Crippen LogP contribution in [-0.4, -0.2) is 30.1 Å². The number of hydrogen-bond donors (Lipinski definition) is 4. The maximum absolute atomic E-state index is 11.9. The predicted octanol–water partition coefficient (Wildman–Crippen LogP) is 3.19. The number of phenolic OH excluding ortho intramolecular Hbond substituents is 1. The van der Waals surface area contributed by atoms with Crippen LogP contribution in [0.4, 0.5) is 5.69 Å². The van der Waals surface area contributed by atoms with Crippen molar-refractivity contribution in [3.63, 3.8) is 0 Å². The maximum atomic E-state index is 11.9. The summed E-state index contributed by atoms with van der Waals surface area (Å²) in [6.45, 7) is 3.91. The van der Waals surface area contributed by atoms with Gasteiger partial charge in [0.05, 0.1) is 6.54 Å². The molecule has 7 heteroatoms. The molecular formula is C20H25IN4O2. The first-order valence-corrected chi connectivity index (χ1v) is 8.84. The molecule has 1 aliphatic rings. The summed E-state index contributed by atoms with van der Waals surface area (Å²) in [5, 5.41) is 18.8. The molecule has 3 rings (SSSR count). The SMILES string of the molecule is CCNC(=NCc1ccc(O)cc1)NCC1CC(=O)Nc2ccccc21.I. The van der Waals surface area contributed by atoms with Gasteiger partial charge >= 0.3 is 0 Å². The van der Waals surface area contributed by atoms with E-state index < -0.39 is 0 Å². The van der Waals surface area contributed by atoms with Crippen molar-refractivity contribution in [2.45, 2.75) is 25.8 Å². The van der Waals surface area contributed by atoms with E-state index in [1.54, 1.807) is 12.1 Å². The minimum absolute atomic E-state index is 0. The molecule has 0 bridgehead atoms. The number of benzene rings is 2. The number of carbonyl (C=O) groups is 1. The Morgan fingerprint density at radius 3 is 2.67 bits per heavy atom. The largest absolute Gasteiger partial charge is 0.508 e. The van der Waals surface area contributed by atoms with Crippen LogP contribution in [0.15, 0.2) is 53.5 Å². The van der Waals surface area contributed by atoms with Gasteiger partial charge in [-0.25, -0.2) is 4.99 Å². The summed E-state index contributed by atoms with van der Waals surface area (Å²) in [5.41, 5.74) is 3.05. The van der Waals surface area contributed by atoms with Crippen LogP contribution < -0.4 is 16.0 Å². The van der Waals surface area contributed by atoms with Gasteiger partial charge in [0.2, 0.25) is 5.91 Å². The molecule has 1 amide bonds. The smallest absolute Gasteiger partial charge is 0.225 e. The van der Waals surface area contributed by atoms with Gasteiger partial charge in [-0.05, 0) is 36.2 Å². The van der Waals surface area contributed by atoms with Crippen molar-refractivity contribution in [1.29, 1.82) is 0 Å². The number of guanidine groups is 1. The lowest BCUT2D eigenvalue weighted by Crippen LogP contribution is -2.40. The van der Waals surface area contributed by atoms with E-state index in [-0.39, 0.29) is 41.6 Å². The fourth-order valence-corrected chi connectivity index (χ4v) is 3.02. The van der Waals surface area contributed by atoms with E-state index >= 15 is 0 Å². The van der Waals surface area contributed by atoms with Crippen LogP contribution in [-0.2, 0) is 11.3 Å². The Hall–Kier alpha value is -2.29. The molecule has 0 fully saturated rings. The minimum atomic E-state index is 0. The Kier molecular flexibility index (Phi) is 7.90. The number of aromatic hydroxyl groups is 1. The van der Waals surface area contributed by atoms with Crippen LogP contribution in [0.2, 0.25) is 0 Å². The van der Waals surface area contributed by atoms with Gasteiger partial charge in [-0.3, -0.25) is 4.79 Å². The quantitative estimate of drug-likeness (QED) is 0.301. The van der Waals surface area contributed by atoms with Crippen LogP contribution in [0.3, 0.4) is 0 Å². The number of carbonyl (C=O) groups excluding carboxylic acids is 1. The number of halogens is 1. The highest BCUT2D eigenvalue weighted by Gasteiger charge is 2.24. The van der Waals surface area contributed by atoms with Gasteiger partial charge in [0.15, 0.2) is 5.96 Å². The van der Waals surface area contributed by atoms with Crippen LogP contribution in [0.5, 0.6) is 5.75 Å². The van der Waals surface area contributed by atoms with Crippen LogP contribution >= 0.6 is 24.0 Å². The highest BCUT2D eigenvalue weighted by Crippen LogP contribution is 2.31. The van der Waals surface area contributed by atoms with Crippen LogP contribution in [0.1, 0.15) is 30.4 Å². The third kappa shape index (κ3) is 5.85. The van der Waals surface area contributed by atoms with Crippen molar-refractivity contribution in [3.8, 4) is 5.75 Å². The maximum Gasteiger partial charge on any atom is 0.225 e. The van der Waals surface area contributed by atoms with Gasteiger partial charge in [0, 0.05) is 31.1 Å². The molecule has 0 saturated carbocycles. The molecule has 1 unspecified atom stereocenters. The van der Waals surface area contributed by atoms with Gasteiger partial charge in [-0.15, -0.1) is 24.0 Å². The molecule has 0 spiro atoms. The Labute approximate surface area is 176 Å². The van der Waals surface area contributed by atoms with Gasteiger partial charge in [-0.2, -0.15) is 0 Å². The number of para-hydroxylation sites is 1. The molecular weight excluding hydrogens is 455 g/mol. The molecule has 0 aliphatic carbocycles. The Morgan fingerprint density at radius 1 is 1.19 bits per heavy atom. The summed E-state index contributed by atoms with van der Waals surface area (Å²) in [7, 11) is 0. The van der Waals surface area contributed by atoms with E-state index in [0.29, 0.717) is 25.5 Å². The van der Waals surface area contributed by atoms with E-state index in [1.807, 2.05) is 37.3 Å². The van der Waals surface area contributed by atoms with Gasteiger partial charge in [0.25, 0.3) is 0 Å². The number of amides is 1. The normalized spacial score (nSPS) is 16.0. The second kappa shape index (κ2) is 10.1. The topological polar surface area (TPSA) is 85.8 Å². The lowest BCUT2D eigenvalue weighted by molar-refractivity contribution is -0.116. The second-order valence-corrected chi connectivity index (χ2v) is 6.28. The summed E-state index contributed by atoms with van der Waals surface area (Å²) in [6.07, 6.45) is 0.460. The van der Waals surface area contributed by atoms with Crippen LogP contribution in [0, 0.1) is 0 Å². The third-order valence-corrected chi connectivity index (χ3v) is 4.32. The fraction of sp³-hybridized carbons (Fsp3) is 0.300. The monoisotopic (exact) mass is 480 g/mol. The first kappa shape index (κ1) is 21.0. The van der Waals surface area contributed by atoms with Crippen molar-refractivity contribution >= 4 is 41.5 Å². The molecule has 0 aromatic heterocycles. The predicted molar refractivity (Wildman–Crippen MR) is 119 cm³/mol. The zero-order chi connectivity index (χ0) is 18.4. The summed E-state index contributed by atoms with van der Waals surface area (Å²) in [5.74, 6) is 1.11. The van der Waals surface area contributed by atoms with Gasteiger partial charge in [0.1, 0.15) is 5.75 Å². The summed E-state index contributed by atoms with van der Waals surface area (Å²) in [6, 6.07) is 14.9. The Morgan fingerprint density at radius 2 is 1.93 bits per heavy atom. The van der Waals surface area contributed by atoms with Crippen molar-refractivity contribution in [3.05, 3.63) is 59.7 Å². The van der Waals surface area contributed by atoms with E-state index in [9.17, 15) is 9.90 Å². The molecule has 2 aromatic carbocycles. The zero-order valence-electron chi connectivity index (χ0n) is 15.2. The number of nitrogens with one attached hydrogen (secondary N) is 3. The highest BCUT2D eigenvalue weighted by atomic mass is 127. The number of hydrogen-bond acceptors (Lipinski definition) is 3. The summed E-state index contributed by atoms with van der Waals surface area (Å²) >= 11 is 0. The molecule has 1 aliphatic heterocycles. The number of aliphatic imine (C=N–C) groups is 1. The molecule has 144 valence electrons. The van der Waals surface area contributed by atoms with Crippen molar-refractivity contribution in [2.24, 2.45) is 4.99 Å². The Balaban J connectivity index is 0.00000261. The standard InChI is InChI=1S/C20H24N4O2.HI/c1-2-21-20(22-12-14-7-9-16(25)10-8-14)23-13-15-11-19(26)24-18-6-4-3-5-17(15)18;/h3-10,15,25H,2,11-13H2,1H3,(H,24,26)(H2,21,22,23);1H. The molecule has 1 heterocycles. The molecule has 0 radical (unpaired) electrons. The molecule has 1 atom stereocenters. The first-order chi connectivity index (χ1) is 12.7. The summed E-state index contributed by atoms with van der Waals surface area (Å²) in [4.78, 5) is 16.5. The average Bonchev–Trinajstić information content (AvgIpc) is 2.65. The lowest BCUT2D eigenvalue weighted by atomic mass is 9.90. The second-order valence-electron chi connectivity index (χ2n) is 6.28. The number of anilines is 1. The molecule has 0 saturated heterocycles. The van der Waals surface area contributed by atoms with Gasteiger partial charge in [-0.1, -0.05) is 30.3 Å². The van der Waals surface area contributed by atoms with Crippen molar-refractivity contribution in [1.82, 2.24) is 10.6 Å². The average molecular weight is 480 g/mol. The Bertz CT molecular complexity index is 793. The van der Waals surface area contributed by atoms with Gasteiger partial charge < -0.3 is 21.1 Å². The van der Waals surface area contributed by atoms with E-state index in [4.69, 9.17) is 0 Å². The van der Waals surface area contributed by atoms with E-state index in [2.05, 4.69) is 27.0 Å². The molecule has 27 heavy (non-hydrogen) atoms. The number of nitrogens with zero attached hydrogens (tertiary/aromatic N) is 1. The molecule has 2 aromatic rings. The minimum Gasteiger partial charge on any atom is -0.508 e. The van der Waals surface area contributed by atoms with E-state index in [1.165, 1.54) is 0 Å². The molecule has 4 N–H and O–H groups in total. The van der Waals surface area contributed by atoms with Crippen LogP contribution in [0.25, 0.3) is 0 Å². The van der Waals surface area contributed by atoms with E-state index in [0.717, 1.165) is 23.4 Å². The number of rotatable bonds is 5. The summed E-state index contributed by atoms with van der Waals surface area (Å²) < 4.78 is 0. The first-order valence-electron chi connectivity index (χ1n) is 8.84. The fourth-order valence-electron chi connectivity index (χ4n) is 3.02. The highest BCUT2D eigenvalue weighted by molar-refractivity contribution is 14.0.